The van der Waals surface area contributed by atoms with E-state index < -0.39 is 0 Å². The van der Waals surface area contributed by atoms with Crippen LogP contribution in [0.15, 0.2) is 18.2 Å². The topological polar surface area (TPSA) is 34.1 Å². The minimum atomic E-state index is 0.502. The highest BCUT2D eigenvalue weighted by atomic mass is 35.5. The van der Waals surface area contributed by atoms with E-state index in [-0.39, 0.29) is 0 Å². The molecule has 1 N–H and O–H groups in total. The van der Waals surface area contributed by atoms with Crippen LogP contribution in [0.1, 0.15) is 34.5 Å². The second-order valence-corrected chi connectivity index (χ2v) is 6.69. The molecule has 0 amide bonds. The molecule has 2 aromatic rings. The van der Waals surface area contributed by atoms with Crippen LogP contribution >= 0.6 is 22.9 Å². The third-order valence-corrected chi connectivity index (χ3v) is 4.47. The van der Waals surface area contributed by atoms with Gasteiger partial charge in [-0.25, -0.2) is 4.98 Å². The normalized spacial score (nSPS) is 10.9. The van der Waals surface area contributed by atoms with E-state index in [2.05, 4.69) is 24.1 Å². The highest BCUT2D eigenvalue weighted by Crippen LogP contribution is 2.25. The van der Waals surface area contributed by atoms with E-state index in [4.69, 9.17) is 16.3 Å². The quantitative estimate of drug-likeness (QED) is 0.762. The second-order valence-electron chi connectivity index (χ2n) is 4.97. The van der Waals surface area contributed by atoms with E-state index in [0.717, 1.165) is 46.5 Å². The second kappa shape index (κ2) is 7.78. The van der Waals surface area contributed by atoms with Crippen LogP contribution in [-0.4, -0.2) is 11.5 Å². The smallest absolute Gasteiger partial charge is 0.140 e. The molecule has 0 radical (unpaired) electrons. The molecule has 5 heteroatoms. The average Bonchev–Trinajstić information content (AvgIpc) is 2.77. The van der Waals surface area contributed by atoms with Crippen molar-refractivity contribution in [2.45, 2.75) is 40.3 Å². The van der Waals surface area contributed by atoms with Gasteiger partial charge >= 0.3 is 0 Å². The van der Waals surface area contributed by atoms with E-state index in [0.29, 0.717) is 6.61 Å². The monoisotopic (exact) mass is 324 g/mol. The maximum atomic E-state index is 6.08. The fourth-order valence-electron chi connectivity index (χ4n) is 1.97. The lowest BCUT2D eigenvalue weighted by Crippen LogP contribution is -2.14. The number of rotatable bonds is 7. The number of thiazole rings is 1. The number of aryl methyl sites for hydroxylation is 2. The first kappa shape index (κ1) is 16.3. The summed E-state index contributed by atoms with van der Waals surface area (Å²) < 4.78 is 5.93. The van der Waals surface area contributed by atoms with Gasteiger partial charge in [-0.05, 0) is 45.0 Å². The summed E-state index contributed by atoms with van der Waals surface area (Å²) in [7, 11) is 0. The van der Waals surface area contributed by atoms with Crippen LogP contribution in [0.25, 0.3) is 0 Å². The van der Waals surface area contributed by atoms with E-state index >= 15 is 0 Å². The number of hydrogen-bond donors (Lipinski definition) is 1. The Morgan fingerprint density at radius 1 is 1.33 bits per heavy atom. The Balaban J connectivity index is 2.04. The molecular weight excluding hydrogens is 304 g/mol. The van der Waals surface area contributed by atoms with Crippen LogP contribution in [0, 0.1) is 13.8 Å². The van der Waals surface area contributed by atoms with Gasteiger partial charge in [0.25, 0.3) is 0 Å². The number of aromatic nitrogens is 1. The summed E-state index contributed by atoms with van der Waals surface area (Å²) in [5, 5.41) is 5.12. The van der Waals surface area contributed by atoms with Crippen molar-refractivity contribution in [2.24, 2.45) is 0 Å². The summed E-state index contributed by atoms with van der Waals surface area (Å²) in [5.74, 6) is 0.869. The standard InChI is InChI=1S/C16H21ClN2OS/c1-4-7-18-9-13-8-14(17)5-6-15(13)20-10-16-19-11(2)12(3)21-16/h5-6,8,18H,4,7,9-10H2,1-3H3. The van der Waals surface area contributed by atoms with Crippen molar-refractivity contribution in [1.82, 2.24) is 10.3 Å². The van der Waals surface area contributed by atoms with Crippen LogP contribution < -0.4 is 10.1 Å². The molecule has 0 unspecified atom stereocenters. The maximum Gasteiger partial charge on any atom is 0.140 e. The van der Waals surface area contributed by atoms with Gasteiger partial charge in [0.1, 0.15) is 17.4 Å². The van der Waals surface area contributed by atoms with Crippen LogP contribution in [0.3, 0.4) is 0 Å². The van der Waals surface area contributed by atoms with Gasteiger partial charge in [0.05, 0.1) is 5.69 Å². The summed E-state index contributed by atoms with van der Waals surface area (Å²) in [6.45, 7) is 8.50. The molecule has 21 heavy (non-hydrogen) atoms. The molecule has 0 fully saturated rings. The Morgan fingerprint density at radius 2 is 2.14 bits per heavy atom. The predicted molar refractivity (Wildman–Crippen MR) is 89.4 cm³/mol. The first-order chi connectivity index (χ1) is 10.1. The maximum absolute atomic E-state index is 6.08. The highest BCUT2D eigenvalue weighted by Gasteiger charge is 2.08. The lowest BCUT2D eigenvalue weighted by atomic mass is 10.2. The van der Waals surface area contributed by atoms with E-state index in [1.807, 2.05) is 25.1 Å². The van der Waals surface area contributed by atoms with Gasteiger partial charge in [0.2, 0.25) is 0 Å². The van der Waals surface area contributed by atoms with Crippen molar-refractivity contribution in [3.63, 3.8) is 0 Å². The van der Waals surface area contributed by atoms with E-state index in [1.54, 1.807) is 11.3 Å². The Hall–Kier alpha value is -1.10. The third-order valence-electron chi connectivity index (χ3n) is 3.19. The summed E-state index contributed by atoms with van der Waals surface area (Å²) >= 11 is 7.76. The van der Waals surface area contributed by atoms with Crippen molar-refractivity contribution in [3.05, 3.63) is 44.4 Å². The lowest BCUT2D eigenvalue weighted by molar-refractivity contribution is 0.301. The third kappa shape index (κ3) is 4.70. The Morgan fingerprint density at radius 3 is 2.81 bits per heavy atom. The number of hydrogen-bond acceptors (Lipinski definition) is 4. The minimum absolute atomic E-state index is 0.502. The molecule has 0 aliphatic rings. The molecule has 0 saturated carbocycles. The van der Waals surface area contributed by atoms with Crippen molar-refractivity contribution >= 4 is 22.9 Å². The zero-order valence-corrected chi connectivity index (χ0v) is 14.3. The molecule has 1 aromatic carbocycles. The average molecular weight is 325 g/mol. The molecule has 0 spiro atoms. The van der Waals surface area contributed by atoms with Crippen molar-refractivity contribution in [1.29, 1.82) is 0 Å². The van der Waals surface area contributed by atoms with Crippen LogP contribution in [0.4, 0.5) is 0 Å². The summed E-state index contributed by atoms with van der Waals surface area (Å²) in [6, 6.07) is 5.75. The fraction of sp³-hybridized carbons (Fsp3) is 0.438. The lowest BCUT2D eigenvalue weighted by Gasteiger charge is -2.11. The fourth-order valence-corrected chi connectivity index (χ4v) is 3.01. The van der Waals surface area contributed by atoms with Crippen LogP contribution in [-0.2, 0) is 13.2 Å². The Bertz CT molecular complexity index is 578. The molecule has 1 heterocycles. The largest absolute Gasteiger partial charge is 0.486 e. The molecular formula is C16H21ClN2OS. The van der Waals surface area contributed by atoms with Crippen molar-refractivity contribution in [3.8, 4) is 5.75 Å². The van der Waals surface area contributed by atoms with Gasteiger partial charge in [-0.2, -0.15) is 0 Å². The number of halogens is 1. The molecule has 0 atom stereocenters. The Labute approximate surface area is 135 Å². The van der Waals surface area contributed by atoms with Gasteiger partial charge in [0.15, 0.2) is 0 Å². The van der Waals surface area contributed by atoms with Gasteiger partial charge < -0.3 is 10.1 Å². The zero-order valence-electron chi connectivity index (χ0n) is 12.7. The van der Waals surface area contributed by atoms with E-state index in [9.17, 15) is 0 Å². The van der Waals surface area contributed by atoms with Crippen molar-refractivity contribution < 1.29 is 4.74 Å². The first-order valence-electron chi connectivity index (χ1n) is 7.15. The number of nitrogens with zero attached hydrogens (tertiary/aromatic N) is 1. The highest BCUT2D eigenvalue weighted by molar-refractivity contribution is 7.11. The molecule has 1 aromatic heterocycles. The van der Waals surface area contributed by atoms with Crippen molar-refractivity contribution in [2.75, 3.05) is 6.54 Å². The van der Waals surface area contributed by atoms with Gasteiger partial charge in [0, 0.05) is 22.0 Å². The van der Waals surface area contributed by atoms with Gasteiger partial charge in [-0.15, -0.1) is 11.3 Å². The SMILES string of the molecule is CCCNCc1cc(Cl)ccc1OCc1nc(C)c(C)s1. The van der Waals surface area contributed by atoms with Crippen LogP contribution in [0.5, 0.6) is 5.75 Å². The number of nitrogens with one attached hydrogen (secondary N) is 1. The van der Waals surface area contributed by atoms with E-state index in [1.165, 1.54) is 4.88 Å². The zero-order chi connectivity index (χ0) is 15.2. The summed E-state index contributed by atoms with van der Waals surface area (Å²) in [4.78, 5) is 5.74. The minimum Gasteiger partial charge on any atom is -0.486 e. The molecule has 0 aliphatic carbocycles. The Kier molecular flexibility index (Phi) is 6.03. The summed E-state index contributed by atoms with van der Waals surface area (Å²) in [5.41, 5.74) is 2.17. The molecule has 3 nitrogen and oxygen atoms in total. The molecule has 0 aliphatic heterocycles. The molecule has 2 rings (SSSR count). The van der Waals surface area contributed by atoms with Crippen LogP contribution in [0.2, 0.25) is 5.02 Å². The summed E-state index contributed by atoms with van der Waals surface area (Å²) in [6.07, 6.45) is 1.11. The molecule has 114 valence electrons. The number of ether oxygens (including phenoxy) is 1. The number of benzene rings is 1. The molecule has 0 saturated heterocycles. The predicted octanol–water partition coefficient (Wildman–Crippen LogP) is 4.49. The first-order valence-corrected chi connectivity index (χ1v) is 8.34. The molecule has 0 bridgehead atoms. The van der Waals surface area contributed by atoms with Gasteiger partial charge in [-0.3, -0.25) is 0 Å². The van der Waals surface area contributed by atoms with Gasteiger partial charge in [-0.1, -0.05) is 18.5 Å².